The van der Waals surface area contributed by atoms with Crippen molar-refractivity contribution in [3.05, 3.63) is 34.6 Å². The minimum atomic E-state index is 0.761. The number of nitrogens with one attached hydrogen (secondary N) is 2. The minimum Gasteiger partial charge on any atom is -0.332 e. The molecule has 2 N–H and O–H groups in total. The first kappa shape index (κ1) is 12.3. The average Bonchev–Trinajstić information content (AvgIpc) is 2.73. The smallest absolute Gasteiger partial charge is 0.134 e. The molecule has 0 saturated carbocycles. The fourth-order valence-corrected chi connectivity index (χ4v) is 2.28. The van der Waals surface area contributed by atoms with Gasteiger partial charge in [-0.2, -0.15) is 0 Å². The van der Waals surface area contributed by atoms with E-state index in [9.17, 15) is 0 Å². The first-order valence-electron chi connectivity index (χ1n) is 5.27. The second-order valence-electron chi connectivity index (χ2n) is 3.44. The largest absolute Gasteiger partial charge is 0.332 e. The van der Waals surface area contributed by atoms with Crippen LogP contribution in [-0.2, 0) is 6.42 Å². The summed E-state index contributed by atoms with van der Waals surface area (Å²) in [6, 6.07) is 5.64. The van der Waals surface area contributed by atoms with Crippen LogP contribution < -0.4 is 10.6 Å². The number of hydrogen-bond acceptors (Lipinski definition) is 5. The normalized spacial score (nSPS) is 10.5. The zero-order valence-corrected chi connectivity index (χ0v) is 11.0. The Kier molecular flexibility index (Phi) is 4.30. The third-order valence-corrected chi connectivity index (χ3v) is 3.28. The molecule has 0 unspecified atom stereocenters. The van der Waals surface area contributed by atoms with Crippen LogP contribution in [0.15, 0.2) is 24.4 Å². The number of rotatable bonds is 5. The SMILES string of the molecule is CNCCc1nccc(Nc2ccc(Cl)s2)n1. The summed E-state index contributed by atoms with van der Waals surface area (Å²) in [6.07, 6.45) is 2.58. The lowest BCUT2D eigenvalue weighted by atomic mass is 10.4. The van der Waals surface area contributed by atoms with Crippen LogP contribution in [0.3, 0.4) is 0 Å². The third kappa shape index (κ3) is 3.66. The topological polar surface area (TPSA) is 49.8 Å². The Morgan fingerprint density at radius 3 is 2.94 bits per heavy atom. The first-order chi connectivity index (χ1) is 8.28. The molecule has 2 rings (SSSR count). The molecule has 0 fully saturated rings. The summed E-state index contributed by atoms with van der Waals surface area (Å²) in [6.45, 7) is 0.869. The molecule has 90 valence electrons. The molecule has 17 heavy (non-hydrogen) atoms. The molecule has 0 amide bonds. The Hall–Kier alpha value is -1.17. The van der Waals surface area contributed by atoms with E-state index in [0.717, 1.165) is 33.9 Å². The predicted molar refractivity (Wildman–Crippen MR) is 72.3 cm³/mol. The van der Waals surface area contributed by atoms with Crippen LogP contribution in [0.4, 0.5) is 10.8 Å². The summed E-state index contributed by atoms with van der Waals surface area (Å²) in [5.74, 6) is 1.62. The van der Waals surface area contributed by atoms with Crippen LogP contribution in [0.1, 0.15) is 5.82 Å². The van der Waals surface area contributed by atoms with E-state index in [1.165, 1.54) is 11.3 Å². The molecule has 6 heteroatoms. The van der Waals surface area contributed by atoms with Gasteiger partial charge in [-0.3, -0.25) is 0 Å². The molecule has 0 spiro atoms. The van der Waals surface area contributed by atoms with Crippen molar-refractivity contribution in [1.82, 2.24) is 15.3 Å². The minimum absolute atomic E-state index is 0.761. The van der Waals surface area contributed by atoms with E-state index in [0.29, 0.717) is 0 Å². The molecule has 0 aromatic carbocycles. The molecule has 0 bridgehead atoms. The van der Waals surface area contributed by atoms with Gasteiger partial charge in [0, 0.05) is 19.2 Å². The van der Waals surface area contributed by atoms with Crippen molar-refractivity contribution in [2.24, 2.45) is 0 Å². The van der Waals surface area contributed by atoms with Crippen molar-refractivity contribution in [3.8, 4) is 0 Å². The number of aromatic nitrogens is 2. The van der Waals surface area contributed by atoms with E-state index >= 15 is 0 Å². The monoisotopic (exact) mass is 268 g/mol. The van der Waals surface area contributed by atoms with Gasteiger partial charge in [-0.1, -0.05) is 11.6 Å². The average molecular weight is 269 g/mol. The Balaban J connectivity index is 2.05. The zero-order valence-electron chi connectivity index (χ0n) is 9.40. The van der Waals surface area contributed by atoms with Crippen LogP contribution in [0, 0.1) is 0 Å². The number of thiophene rings is 1. The lowest BCUT2D eigenvalue weighted by Gasteiger charge is -2.04. The van der Waals surface area contributed by atoms with E-state index < -0.39 is 0 Å². The molecule has 0 saturated heterocycles. The molecule has 0 aliphatic rings. The fourth-order valence-electron chi connectivity index (χ4n) is 1.33. The van der Waals surface area contributed by atoms with Gasteiger partial charge in [-0.05, 0) is 25.2 Å². The number of nitrogens with zero attached hydrogens (tertiary/aromatic N) is 2. The highest BCUT2D eigenvalue weighted by Gasteiger charge is 2.01. The predicted octanol–water partition coefficient (Wildman–Crippen LogP) is 2.70. The second-order valence-corrected chi connectivity index (χ2v) is 5.16. The van der Waals surface area contributed by atoms with E-state index in [2.05, 4.69) is 20.6 Å². The summed E-state index contributed by atoms with van der Waals surface area (Å²) in [5, 5.41) is 7.26. The van der Waals surface area contributed by atoms with Crippen LogP contribution in [0.2, 0.25) is 4.34 Å². The van der Waals surface area contributed by atoms with Gasteiger partial charge in [-0.25, -0.2) is 9.97 Å². The third-order valence-electron chi connectivity index (χ3n) is 2.13. The molecule has 0 aliphatic heterocycles. The first-order valence-corrected chi connectivity index (χ1v) is 6.46. The van der Waals surface area contributed by atoms with E-state index in [-0.39, 0.29) is 0 Å². The van der Waals surface area contributed by atoms with Gasteiger partial charge in [0.05, 0.1) is 9.34 Å². The number of anilines is 2. The van der Waals surface area contributed by atoms with Crippen molar-refractivity contribution in [2.45, 2.75) is 6.42 Å². The summed E-state index contributed by atoms with van der Waals surface area (Å²) in [7, 11) is 1.91. The highest BCUT2D eigenvalue weighted by Crippen LogP contribution is 2.28. The zero-order chi connectivity index (χ0) is 12.1. The number of halogens is 1. The maximum absolute atomic E-state index is 5.86. The molecule has 0 aliphatic carbocycles. The molecule has 0 radical (unpaired) electrons. The Morgan fingerprint density at radius 1 is 1.35 bits per heavy atom. The summed E-state index contributed by atoms with van der Waals surface area (Å²) >= 11 is 7.35. The fraction of sp³-hybridized carbons (Fsp3) is 0.273. The van der Waals surface area contributed by atoms with Gasteiger partial charge >= 0.3 is 0 Å². The molecule has 2 aromatic rings. The quantitative estimate of drug-likeness (QED) is 0.875. The maximum atomic E-state index is 5.86. The summed E-state index contributed by atoms with van der Waals surface area (Å²) < 4.78 is 0.761. The lowest BCUT2D eigenvalue weighted by Crippen LogP contribution is -2.12. The lowest BCUT2D eigenvalue weighted by molar-refractivity contribution is 0.756. The highest BCUT2D eigenvalue weighted by atomic mass is 35.5. The van der Waals surface area contributed by atoms with Crippen LogP contribution in [0.5, 0.6) is 0 Å². The van der Waals surface area contributed by atoms with Gasteiger partial charge < -0.3 is 10.6 Å². The number of likely N-dealkylation sites (N-methyl/N-ethyl adjacent to an activating group) is 1. The summed E-state index contributed by atoms with van der Waals surface area (Å²) in [5.41, 5.74) is 0. The maximum Gasteiger partial charge on any atom is 0.134 e. The Labute approximate surface area is 109 Å². The molecular weight excluding hydrogens is 256 g/mol. The Bertz CT molecular complexity index is 486. The van der Waals surface area contributed by atoms with Gasteiger partial charge in [-0.15, -0.1) is 11.3 Å². The van der Waals surface area contributed by atoms with Crippen LogP contribution >= 0.6 is 22.9 Å². The molecule has 4 nitrogen and oxygen atoms in total. The number of hydrogen-bond donors (Lipinski definition) is 2. The van der Waals surface area contributed by atoms with Gasteiger partial charge in [0.1, 0.15) is 11.6 Å². The van der Waals surface area contributed by atoms with Crippen LogP contribution in [-0.4, -0.2) is 23.6 Å². The van der Waals surface area contributed by atoms with Gasteiger partial charge in [0.15, 0.2) is 0 Å². The van der Waals surface area contributed by atoms with Crippen molar-refractivity contribution in [3.63, 3.8) is 0 Å². The molecular formula is C11H13ClN4S. The van der Waals surface area contributed by atoms with Gasteiger partial charge in [0.2, 0.25) is 0 Å². The standard InChI is InChI=1S/C11H13ClN4S/c1-13-6-4-9-14-7-5-10(15-9)16-11-3-2-8(12)17-11/h2-3,5,7,13H,4,6H2,1H3,(H,14,15,16). The molecule has 0 atom stereocenters. The van der Waals surface area contributed by atoms with Crippen molar-refractivity contribution in [2.75, 3.05) is 18.9 Å². The van der Waals surface area contributed by atoms with E-state index in [1.54, 1.807) is 6.20 Å². The van der Waals surface area contributed by atoms with E-state index in [4.69, 9.17) is 11.6 Å². The van der Waals surface area contributed by atoms with Crippen molar-refractivity contribution >= 4 is 33.8 Å². The van der Waals surface area contributed by atoms with Crippen LogP contribution in [0.25, 0.3) is 0 Å². The highest BCUT2D eigenvalue weighted by molar-refractivity contribution is 7.19. The molecule has 2 aromatic heterocycles. The van der Waals surface area contributed by atoms with Gasteiger partial charge in [0.25, 0.3) is 0 Å². The summed E-state index contributed by atoms with van der Waals surface area (Å²) in [4.78, 5) is 8.63. The van der Waals surface area contributed by atoms with Crippen molar-refractivity contribution in [1.29, 1.82) is 0 Å². The second kappa shape index (κ2) is 5.95. The van der Waals surface area contributed by atoms with Crippen molar-refractivity contribution < 1.29 is 0 Å². The Morgan fingerprint density at radius 2 is 2.24 bits per heavy atom. The molecule has 2 heterocycles. The van der Waals surface area contributed by atoms with E-state index in [1.807, 2.05) is 25.2 Å².